The van der Waals surface area contributed by atoms with Gasteiger partial charge in [0.2, 0.25) is 0 Å². The number of fused-ring (bicyclic) bond motifs is 9. The second kappa shape index (κ2) is 14.8. The maximum atomic E-state index is 14.8. The predicted octanol–water partition coefficient (Wildman–Crippen LogP) is 9.04. The van der Waals surface area contributed by atoms with E-state index in [1.807, 2.05) is 117 Å². The molecule has 0 spiro atoms. The van der Waals surface area contributed by atoms with Crippen molar-refractivity contribution in [2.45, 2.75) is 76.7 Å². The molecular weight excluding hydrogens is 693 g/mol. The molecular formula is C47H44O8. The zero-order valence-electron chi connectivity index (χ0n) is 31.2. The SMILES string of the molecule is COc1c([C@H]2C[C@@H](OCc3ccccc3)[C@H](OCc3ccccc3)[C@@H](C)O2)ccc2c1C(=O)C1C3OC(c4cc(C)cc(OCc5ccccc5)c43)C1C2=O. The van der Waals surface area contributed by atoms with Crippen LogP contribution in [0.5, 0.6) is 11.5 Å². The summed E-state index contributed by atoms with van der Waals surface area (Å²) < 4.78 is 38.9. The van der Waals surface area contributed by atoms with Gasteiger partial charge in [0, 0.05) is 23.1 Å². The highest BCUT2D eigenvalue weighted by atomic mass is 16.6. The molecule has 0 saturated carbocycles. The van der Waals surface area contributed by atoms with E-state index in [-0.39, 0.29) is 29.9 Å². The normalized spacial score (nSPS) is 26.3. The number of carbonyl (C=O) groups is 2. The van der Waals surface area contributed by atoms with Gasteiger partial charge in [0.1, 0.15) is 24.2 Å². The van der Waals surface area contributed by atoms with Crippen LogP contribution in [-0.4, -0.2) is 37.0 Å². The standard InChI is InChI=1S/C47H44O8/c1-27-21-34-38(36(22-27)51-24-29-13-7-4-8-14-29)47-41-40(46(34)55-47)42(48)33-20-19-32(45(50-3)39(33)43(41)49)35-23-37(52-25-30-15-9-5-10-16-30)44(28(2)54-35)53-26-31-17-11-6-12-18-31/h4-22,28,35,37,40-41,44,46-47H,23-26H2,1-3H3/t28-,35-,37-,40?,41?,44-,46?,47?/m1/s1. The number of benzene rings is 5. The van der Waals surface area contributed by atoms with Crippen LogP contribution >= 0.6 is 0 Å². The molecule has 5 aromatic rings. The number of ketones is 2. The zero-order chi connectivity index (χ0) is 37.6. The lowest BCUT2D eigenvalue weighted by Crippen LogP contribution is -2.47. The molecule has 3 aliphatic heterocycles. The van der Waals surface area contributed by atoms with Gasteiger partial charge in [-0.2, -0.15) is 0 Å². The Hall–Kier alpha value is -5.12. The molecule has 0 amide bonds. The fourth-order valence-electron chi connectivity index (χ4n) is 9.06. The molecule has 0 radical (unpaired) electrons. The van der Waals surface area contributed by atoms with E-state index in [1.54, 1.807) is 13.2 Å². The molecule has 280 valence electrons. The van der Waals surface area contributed by atoms with Crippen LogP contribution in [0, 0.1) is 18.8 Å². The molecule has 2 fully saturated rings. The Bertz CT molecular complexity index is 2200. The molecule has 0 aromatic heterocycles. The summed E-state index contributed by atoms with van der Waals surface area (Å²) in [5.41, 5.74) is 7.32. The molecule has 1 aliphatic carbocycles. The molecule has 9 rings (SSSR count). The quantitative estimate of drug-likeness (QED) is 0.133. The molecule has 8 atom stereocenters. The van der Waals surface area contributed by atoms with Gasteiger partial charge in [-0.05, 0) is 47.7 Å². The van der Waals surface area contributed by atoms with Crippen LogP contribution in [0.2, 0.25) is 0 Å². The van der Waals surface area contributed by atoms with Crippen LogP contribution in [0.15, 0.2) is 115 Å². The van der Waals surface area contributed by atoms with Gasteiger partial charge >= 0.3 is 0 Å². The van der Waals surface area contributed by atoms with E-state index in [9.17, 15) is 9.59 Å². The average Bonchev–Trinajstić information content (AvgIpc) is 3.79. The van der Waals surface area contributed by atoms with Crippen LogP contribution in [-0.2, 0) is 38.8 Å². The van der Waals surface area contributed by atoms with Gasteiger partial charge in [-0.3, -0.25) is 9.59 Å². The highest BCUT2D eigenvalue weighted by molar-refractivity contribution is 6.18. The molecule has 4 unspecified atom stereocenters. The average molecular weight is 737 g/mol. The highest BCUT2D eigenvalue weighted by Crippen LogP contribution is 2.63. The van der Waals surface area contributed by atoms with Crippen LogP contribution in [0.4, 0.5) is 0 Å². The first-order valence-corrected chi connectivity index (χ1v) is 19.1. The van der Waals surface area contributed by atoms with Gasteiger partial charge in [-0.25, -0.2) is 0 Å². The lowest BCUT2D eigenvalue weighted by Gasteiger charge is -2.41. The Balaban J connectivity index is 1.02. The molecule has 3 heterocycles. The summed E-state index contributed by atoms with van der Waals surface area (Å²) >= 11 is 0. The summed E-state index contributed by atoms with van der Waals surface area (Å²) in [5.74, 6) is -0.535. The third-order valence-electron chi connectivity index (χ3n) is 11.6. The number of carbonyl (C=O) groups excluding carboxylic acids is 2. The maximum Gasteiger partial charge on any atom is 0.174 e. The summed E-state index contributed by atoms with van der Waals surface area (Å²) in [6.45, 7) is 5.21. The minimum absolute atomic E-state index is 0.104. The maximum absolute atomic E-state index is 14.8. The first-order valence-electron chi connectivity index (χ1n) is 19.1. The molecule has 2 saturated heterocycles. The van der Waals surface area contributed by atoms with Crippen LogP contribution < -0.4 is 9.47 Å². The highest BCUT2D eigenvalue weighted by Gasteiger charge is 2.62. The largest absolute Gasteiger partial charge is 0.496 e. The smallest absolute Gasteiger partial charge is 0.174 e. The van der Waals surface area contributed by atoms with Gasteiger partial charge < -0.3 is 28.4 Å². The second-order valence-corrected chi connectivity index (χ2v) is 15.1. The Labute approximate surface area is 321 Å². The zero-order valence-corrected chi connectivity index (χ0v) is 31.2. The summed E-state index contributed by atoms with van der Waals surface area (Å²) in [7, 11) is 1.55. The third kappa shape index (κ3) is 6.47. The molecule has 2 bridgehead atoms. The summed E-state index contributed by atoms with van der Waals surface area (Å²) in [6, 6.07) is 37.8. The van der Waals surface area contributed by atoms with Gasteiger partial charge in [0.05, 0.1) is 68.2 Å². The van der Waals surface area contributed by atoms with Crippen molar-refractivity contribution in [1.82, 2.24) is 0 Å². The number of rotatable bonds is 11. The van der Waals surface area contributed by atoms with E-state index >= 15 is 0 Å². The van der Waals surface area contributed by atoms with E-state index in [1.165, 1.54) is 0 Å². The minimum atomic E-state index is -0.702. The van der Waals surface area contributed by atoms with Gasteiger partial charge in [0.15, 0.2) is 11.6 Å². The third-order valence-corrected chi connectivity index (χ3v) is 11.6. The molecule has 8 heteroatoms. The summed E-state index contributed by atoms with van der Waals surface area (Å²) in [4.78, 5) is 29.3. The number of Topliss-reactive ketones (excluding diaryl/α,β-unsaturated/α-hetero) is 2. The van der Waals surface area contributed by atoms with Crippen molar-refractivity contribution in [2.75, 3.05) is 7.11 Å². The first kappa shape index (κ1) is 35.6. The Kier molecular flexibility index (Phi) is 9.60. The molecule has 8 nitrogen and oxygen atoms in total. The van der Waals surface area contributed by atoms with Crippen molar-refractivity contribution in [3.8, 4) is 11.5 Å². The van der Waals surface area contributed by atoms with E-state index < -0.39 is 30.1 Å². The van der Waals surface area contributed by atoms with E-state index in [2.05, 4.69) is 6.07 Å². The van der Waals surface area contributed by atoms with Crippen molar-refractivity contribution in [3.05, 3.63) is 165 Å². The Morgan fingerprint density at radius 2 is 1.29 bits per heavy atom. The lowest BCUT2D eigenvalue weighted by molar-refractivity contribution is -0.204. The molecule has 5 aromatic carbocycles. The van der Waals surface area contributed by atoms with Crippen LogP contribution in [0.1, 0.15) is 91.3 Å². The van der Waals surface area contributed by atoms with E-state index in [4.69, 9.17) is 28.4 Å². The predicted molar refractivity (Wildman–Crippen MR) is 205 cm³/mol. The fraction of sp³-hybridized carbons (Fsp3) is 0.319. The van der Waals surface area contributed by atoms with Crippen molar-refractivity contribution < 1.29 is 38.0 Å². The van der Waals surface area contributed by atoms with Crippen molar-refractivity contribution >= 4 is 11.6 Å². The topological polar surface area (TPSA) is 89.5 Å². The lowest BCUT2D eigenvalue weighted by atomic mass is 9.65. The minimum Gasteiger partial charge on any atom is -0.496 e. The monoisotopic (exact) mass is 736 g/mol. The van der Waals surface area contributed by atoms with Gasteiger partial charge in [-0.1, -0.05) is 109 Å². The van der Waals surface area contributed by atoms with Crippen molar-refractivity contribution in [3.63, 3.8) is 0 Å². The molecule has 4 aliphatic rings. The van der Waals surface area contributed by atoms with Crippen LogP contribution in [0.25, 0.3) is 0 Å². The van der Waals surface area contributed by atoms with E-state index in [0.29, 0.717) is 54.4 Å². The number of hydrogen-bond acceptors (Lipinski definition) is 8. The second-order valence-electron chi connectivity index (χ2n) is 15.1. The summed E-state index contributed by atoms with van der Waals surface area (Å²) in [5, 5.41) is 0. The number of ether oxygens (including phenoxy) is 6. The Morgan fingerprint density at radius 1 is 0.673 bits per heavy atom. The number of methoxy groups -OCH3 is 1. The van der Waals surface area contributed by atoms with Gasteiger partial charge in [-0.15, -0.1) is 0 Å². The fourth-order valence-corrected chi connectivity index (χ4v) is 9.06. The van der Waals surface area contributed by atoms with Gasteiger partial charge in [0.25, 0.3) is 0 Å². The van der Waals surface area contributed by atoms with Crippen molar-refractivity contribution in [2.24, 2.45) is 11.8 Å². The summed E-state index contributed by atoms with van der Waals surface area (Å²) in [6.07, 6.45) is -2.18. The van der Waals surface area contributed by atoms with E-state index in [0.717, 1.165) is 33.4 Å². The first-order chi connectivity index (χ1) is 26.9. The van der Waals surface area contributed by atoms with Crippen molar-refractivity contribution in [1.29, 1.82) is 0 Å². The van der Waals surface area contributed by atoms with Crippen LogP contribution in [0.3, 0.4) is 0 Å². The molecule has 55 heavy (non-hydrogen) atoms. The Morgan fingerprint density at radius 3 is 1.95 bits per heavy atom. The molecule has 0 N–H and O–H groups in total. The number of hydrogen-bond donors (Lipinski definition) is 0. The number of aryl methyl sites for hydroxylation is 1.